The smallest absolute Gasteiger partial charge is 0.335 e. The molecule has 0 spiro atoms. The monoisotopic (exact) mass is 464 g/mol. The average molecular weight is 465 g/mol. The molecule has 5 rings (SSSR count). The molecule has 0 radical (unpaired) electrons. The van der Waals surface area contributed by atoms with Gasteiger partial charge in [0.25, 0.3) is 0 Å². The van der Waals surface area contributed by atoms with E-state index in [0.717, 1.165) is 44.9 Å². The van der Waals surface area contributed by atoms with Crippen LogP contribution in [-0.2, 0) is 19.1 Å². The summed E-state index contributed by atoms with van der Waals surface area (Å²) in [7, 11) is 0. The second kappa shape index (κ2) is 8.12. The van der Waals surface area contributed by atoms with Crippen molar-refractivity contribution in [3.05, 3.63) is 11.6 Å². The number of allylic oxidation sites excluding steroid dienone is 1. The van der Waals surface area contributed by atoms with Crippen LogP contribution in [0.15, 0.2) is 11.6 Å². The number of rotatable bonds is 3. The summed E-state index contributed by atoms with van der Waals surface area (Å²) in [5, 5.41) is 39.6. The number of Topliss-reactive ketones (excluding diaryl/α,β-unsaturated/α-hetero) is 1. The Hall–Kier alpha value is -1.32. The first kappa shape index (κ1) is 23.4. The Balaban J connectivity index is 1.30. The van der Waals surface area contributed by atoms with Crippen molar-refractivity contribution in [3.63, 3.8) is 0 Å². The molecular formula is C25H36O8. The lowest BCUT2D eigenvalue weighted by atomic mass is 9.48. The Morgan fingerprint density at radius 3 is 2.45 bits per heavy atom. The van der Waals surface area contributed by atoms with Crippen LogP contribution in [0, 0.1) is 28.6 Å². The maximum absolute atomic E-state index is 12.6. The summed E-state index contributed by atoms with van der Waals surface area (Å²) in [4.78, 5) is 24.0. The fourth-order valence-corrected chi connectivity index (χ4v) is 7.87. The molecule has 0 aromatic rings. The summed E-state index contributed by atoms with van der Waals surface area (Å²) in [6.07, 6.45) is 1.28. The molecule has 4 fully saturated rings. The van der Waals surface area contributed by atoms with E-state index in [9.17, 15) is 30.0 Å². The van der Waals surface area contributed by atoms with Gasteiger partial charge in [-0.1, -0.05) is 25.5 Å². The standard InChI is InChI=1S/C25H36O8/c1-24-9-7-13(32-23-20(29)18(27)19(28)21(33-23)22(30)31)11-12(24)3-4-14-15-5-6-17(26)25(15,2)10-8-16(14)24/h3,13-16,18-21,23,27-29H,4-11H2,1-2H3,(H,30,31)/t13-,14+,15+,16+,18+,19+,20-,21-,23+,24-,25-/m0/s1. The molecule has 8 heteroatoms. The fourth-order valence-electron chi connectivity index (χ4n) is 7.87. The number of aliphatic carboxylic acids is 1. The van der Waals surface area contributed by atoms with E-state index in [4.69, 9.17) is 9.47 Å². The third-order valence-electron chi connectivity index (χ3n) is 9.91. The predicted octanol–water partition coefficient (Wildman–Crippen LogP) is 1.80. The van der Waals surface area contributed by atoms with Crippen molar-refractivity contribution in [3.8, 4) is 0 Å². The van der Waals surface area contributed by atoms with Gasteiger partial charge in [-0.2, -0.15) is 0 Å². The minimum Gasteiger partial charge on any atom is -0.479 e. The quantitative estimate of drug-likeness (QED) is 0.465. The first-order chi connectivity index (χ1) is 15.6. The highest BCUT2D eigenvalue weighted by Crippen LogP contribution is 2.64. The number of aliphatic hydroxyl groups excluding tert-OH is 3. The number of carboxylic acids is 1. The van der Waals surface area contributed by atoms with E-state index in [1.165, 1.54) is 5.57 Å². The molecule has 5 aliphatic rings. The molecule has 0 bridgehead atoms. The molecular weight excluding hydrogens is 428 g/mol. The normalized spacial score (nSPS) is 51.8. The molecule has 0 amide bonds. The van der Waals surface area contributed by atoms with Gasteiger partial charge in [0, 0.05) is 11.8 Å². The average Bonchev–Trinajstić information content (AvgIpc) is 3.08. The molecule has 1 heterocycles. The van der Waals surface area contributed by atoms with Crippen LogP contribution in [0.25, 0.3) is 0 Å². The Morgan fingerprint density at radius 2 is 1.73 bits per heavy atom. The van der Waals surface area contributed by atoms with Crippen LogP contribution in [-0.4, -0.2) is 69.0 Å². The summed E-state index contributed by atoms with van der Waals surface area (Å²) in [6, 6.07) is 0. The molecule has 4 aliphatic carbocycles. The highest BCUT2D eigenvalue weighted by molar-refractivity contribution is 5.87. The lowest BCUT2D eigenvalue weighted by Crippen LogP contribution is -2.61. The number of carbonyl (C=O) groups is 2. The van der Waals surface area contributed by atoms with E-state index in [-0.39, 0.29) is 16.9 Å². The zero-order chi connectivity index (χ0) is 23.7. The van der Waals surface area contributed by atoms with Crippen LogP contribution in [0.2, 0.25) is 0 Å². The molecule has 0 aromatic carbocycles. The third kappa shape index (κ3) is 3.52. The molecule has 33 heavy (non-hydrogen) atoms. The maximum atomic E-state index is 12.6. The second-order valence-electron chi connectivity index (χ2n) is 11.4. The molecule has 8 nitrogen and oxygen atoms in total. The lowest BCUT2D eigenvalue weighted by Gasteiger charge is -2.57. The van der Waals surface area contributed by atoms with Gasteiger partial charge in [-0.3, -0.25) is 4.79 Å². The molecule has 0 aromatic heterocycles. The zero-order valence-corrected chi connectivity index (χ0v) is 19.4. The van der Waals surface area contributed by atoms with Gasteiger partial charge in [0.2, 0.25) is 0 Å². The van der Waals surface area contributed by atoms with Crippen molar-refractivity contribution < 1.29 is 39.5 Å². The van der Waals surface area contributed by atoms with E-state index >= 15 is 0 Å². The minimum absolute atomic E-state index is 0.0566. The van der Waals surface area contributed by atoms with Crippen molar-refractivity contribution in [2.45, 2.75) is 102 Å². The summed E-state index contributed by atoms with van der Waals surface area (Å²) in [5.41, 5.74) is 1.25. The number of carbonyl (C=O) groups excluding carboxylic acids is 1. The Morgan fingerprint density at radius 1 is 1.03 bits per heavy atom. The number of ether oxygens (including phenoxy) is 2. The van der Waals surface area contributed by atoms with E-state index in [0.29, 0.717) is 30.0 Å². The molecule has 184 valence electrons. The van der Waals surface area contributed by atoms with Crippen LogP contribution in [0.4, 0.5) is 0 Å². The van der Waals surface area contributed by atoms with E-state index < -0.39 is 36.7 Å². The van der Waals surface area contributed by atoms with Gasteiger partial charge in [-0.05, 0) is 68.1 Å². The largest absolute Gasteiger partial charge is 0.479 e. The Bertz CT molecular complexity index is 855. The van der Waals surface area contributed by atoms with Crippen molar-refractivity contribution >= 4 is 11.8 Å². The van der Waals surface area contributed by atoms with Gasteiger partial charge in [-0.15, -0.1) is 0 Å². The molecule has 11 atom stereocenters. The molecule has 1 saturated heterocycles. The van der Waals surface area contributed by atoms with E-state index in [2.05, 4.69) is 19.9 Å². The summed E-state index contributed by atoms with van der Waals surface area (Å²) in [5.74, 6) is 0.596. The van der Waals surface area contributed by atoms with Crippen LogP contribution < -0.4 is 0 Å². The molecule has 1 aliphatic heterocycles. The zero-order valence-electron chi connectivity index (χ0n) is 19.4. The van der Waals surface area contributed by atoms with E-state index in [1.807, 2.05) is 0 Å². The Kier molecular flexibility index (Phi) is 5.77. The highest BCUT2D eigenvalue weighted by atomic mass is 16.7. The maximum Gasteiger partial charge on any atom is 0.335 e. The van der Waals surface area contributed by atoms with Crippen LogP contribution in [0.1, 0.15) is 65.2 Å². The fraction of sp³-hybridized carbons (Fsp3) is 0.840. The van der Waals surface area contributed by atoms with Gasteiger partial charge in [0.05, 0.1) is 6.10 Å². The SMILES string of the molecule is C[C@]12CC[C@H](O[C@@H]3O[C@H](C(=O)O)[C@H](O)[C@@H](O)[C@@H]3O)CC1=CC[C@H]1[C@H]2CC[C@]2(C)C(=O)CC[C@H]12. The van der Waals surface area contributed by atoms with Gasteiger partial charge < -0.3 is 29.9 Å². The first-order valence-corrected chi connectivity index (χ1v) is 12.4. The molecule has 0 unspecified atom stereocenters. The number of fused-ring (bicyclic) bond motifs is 5. The number of carboxylic acid groups (broad SMARTS) is 1. The number of hydrogen-bond acceptors (Lipinski definition) is 7. The van der Waals surface area contributed by atoms with Crippen molar-refractivity contribution in [2.24, 2.45) is 28.6 Å². The summed E-state index contributed by atoms with van der Waals surface area (Å²) >= 11 is 0. The topological polar surface area (TPSA) is 134 Å². The van der Waals surface area contributed by atoms with Gasteiger partial charge in [-0.25, -0.2) is 4.79 Å². The number of aliphatic hydroxyl groups is 3. The summed E-state index contributed by atoms with van der Waals surface area (Å²) in [6.45, 7) is 4.53. The van der Waals surface area contributed by atoms with Crippen LogP contribution in [0.3, 0.4) is 0 Å². The second-order valence-corrected chi connectivity index (χ2v) is 11.4. The van der Waals surface area contributed by atoms with Gasteiger partial charge in [0.1, 0.15) is 24.1 Å². The van der Waals surface area contributed by atoms with Crippen molar-refractivity contribution in [1.82, 2.24) is 0 Å². The Labute approximate surface area is 194 Å². The number of ketones is 1. The highest BCUT2D eigenvalue weighted by Gasteiger charge is 2.59. The van der Waals surface area contributed by atoms with Crippen molar-refractivity contribution in [2.75, 3.05) is 0 Å². The van der Waals surface area contributed by atoms with E-state index in [1.54, 1.807) is 0 Å². The first-order valence-electron chi connectivity index (χ1n) is 12.4. The molecule has 4 N–H and O–H groups in total. The van der Waals surface area contributed by atoms with Crippen molar-refractivity contribution in [1.29, 1.82) is 0 Å². The van der Waals surface area contributed by atoms with Crippen LogP contribution in [0.5, 0.6) is 0 Å². The summed E-state index contributed by atoms with van der Waals surface area (Å²) < 4.78 is 11.3. The van der Waals surface area contributed by atoms with Gasteiger partial charge >= 0.3 is 5.97 Å². The third-order valence-corrected chi connectivity index (χ3v) is 9.91. The molecule has 3 saturated carbocycles. The predicted molar refractivity (Wildman–Crippen MR) is 116 cm³/mol. The van der Waals surface area contributed by atoms with Gasteiger partial charge in [0.15, 0.2) is 12.4 Å². The minimum atomic E-state index is -1.72. The lowest BCUT2D eigenvalue weighted by molar-refractivity contribution is -0.306. The number of hydrogen-bond donors (Lipinski definition) is 4. The van der Waals surface area contributed by atoms with Crippen LogP contribution >= 0.6 is 0 Å².